The molecule has 0 saturated carbocycles. The number of anilines is 1. The number of rotatable bonds is 7. The van der Waals surface area contributed by atoms with Crippen molar-refractivity contribution in [3.8, 4) is 11.1 Å². The van der Waals surface area contributed by atoms with Crippen molar-refractivity contribution in [1.82, 2.24) is 19.3 Å². The number of aromatic nitrogens is 1. The summed E-state index contributed by atoms with van der Waals surface area (Å²) in [7, 11) is 3.83. The second-order valence-corrected chi connectivity index (χ2v) is 11.8. The van der Waals surface area contributed by atoms with E-state index in [9.17, 15) is 19.5 Å². The number of benzene rings is 2. The fourth-order valence-electron chi connectivity index (χ4n) is 7.01. The Hall–Kier alpha value is -3.93. The molecule has 0 spiro atoms. The maximum atomic E-state index is 13.1. The number of primary amides is 1. The topological polar surface area (TPSA) is 125 Å². The van der Waals surface area contributed by atoms with Crippen LogP contribution in [0.5, 0.6) is 0 Å². The highest BCUT2D eigenvalue weighted by molar-refractivity contribution is 6.11. The summed E-state index contributed by atoms with van der Waals surface area (Å²) in [5, 5.41) is 11.3. The molecule has 3 fully saturated rings. The monoisotopic (exact) mass is 588 g/mol. The Morgan fingerprint density at radius 3 is 2.37 bits per heavy atom. The number of hydrogen-bond donors (Lipinski definition) is 2. The van der Waals surface area contributed by atoms with E-state index >= 15 is 0 Å². The molecule has 1 unspecified atom stereocenters. The summed E-state index contributed by atoms with van der Waals surface area (Å²) in [5.74, 6) is -1.31. The van der Waals surface area contributed by atoms with E-state index in [1.54, 1.807) is 23.7 Å². The van der Waals surface area contributed by atoms with Gasteiger partial charge in [-0.3, -0.25) is 19.4 Å². The van der Waals surface area contributed by atoms with Crippen LogP contribution in [0.15, 0.2) is 36.4 Å². The maximum absolute atomic E-state index is 13.1. The van der Waals surface area contributed by atoms with E-state index < -0.39 is 11.9 Å². The van der Waals surface area contributed by atoms with Crippen LogP contribution in [0.25, 0.3) is 22.0 Å². The maximum Gasteiger partial charge on any atom is 0.353 e. The van der Waals surface area contributed by atoms with Crippen molar-refractivity contribution >= 4 is 34.4 Å². The second-order valence-electron chi connectivity index (χ2n) is 11.8. The smallest absolute Gasteiger partial charge is 0.353 e. The molecule has 6 rings (SSSR count). The van der Waals surface area contributed by atoms with E-state index in [0.717, 1.165) is 60.2 Å². The van der Waals surface area contributed by atoms with Gasteiger partial charge in [-0.1, -0.05) is 24.3 Å². The molecule has 0 bridgehead atoms. The number of likely N-dealkylation sites (N-methyl/N-ethyl adjacent to an activating group) is 1. The van der Waals surface area contributed by atoms with Gasteiger partial charge in [-0.25, -0.2) is 4.79 Å². The molecule has 3 saturated heterocycles. The molecule has 2 aromatic carbocycles. The van der Waals surface area contributed by atoms with E-state index in [4.69, 9.17) is 10.5 Å². The number of likely N-dealkylation sites (tertiary alicyclic amines) is 1. The molecule has 11 nitrogen and oxygen atoms in total. The average Bonchev–Trinajstić information content (AvgIpc) is 3.58. The van der Waals surface area contributed by atoms with Crippen LogP contribution in [-0.2, 0) is 23.1 Å². The predicted octanol–water partition coefficient (Wildman–Crippen LogP) is 2.22. The van der Waals surface area contributed by atoms with Gasteiger partial charge in [0.05, 0.1) is 24.8 Å². The standard InChI is InChI=1S/C32H40N6O5/c1-34-10-4-7-25(34)31(40)38-13-11-36(12-14-38)20-22-5-3-6-24-27(29(32(41)42)35(2)28(22)24)23-9-8-21(30(33)39)19-26(23)37-15-17-43-18-16-37/h3,5-6,8-9,19,25H,4,7,10-18,20H2,1-2H3,(H2,33,39)(H,41,42). The first-order valence-corrected chi connectivity index (χ1v) is 15.1. The Morgan fingerprint density at radius 1 is 0.977 bits per heavy atom. The lowest BCUT2D eigenvalue weighted by atomic mass is 9.96. The zero-order valence-electron chi connectivity index (χ0n) is 24.9. The first-order chi connectivity index (χ1) is 20.7. The second kappa shape index (κ2) is 12.0. The van der Waals surface area contributed by atoms with Crippen LogP contribution < -0.4 is 10.6 Å². The van der Waals surface area contributed by atoms with Gasteiger partial charge in [-0.2, -0.15) is 0 Å². The molecule has 3 N–H and O–H groups in total. The van der Waals surface area contributed by atoms with Crippen molar-refractivity contribution in [2.75, 3.05) is 71.0 Å². The minimum atomic E-state index is -1.02. The Balaban J connectivity index is 1.34. The number of para-hydroxylation sites is 1. The van der Waals surface area contributed by atoms with E-state index in [0.29, 0.717) is 57.1 Å². The molecule has 4 heterocycles. The summed E-state index contributed by atoms with van der Waals surface area (Å²) in [4.78, 5) is 46.6. The number of nitrogens with zero attached hydrogens (tertiary/aromatic N) is 5. The summed E-state index contributed by atoms with van der Waals surface area (Å²) in [6, 6.07) is 11.3. The van der Waals surface area contributed by atoms with Crippen LogP contribution in [0.4, 0.5) is 5.69 Å². The molecule has 228 valence electrons. The van der Waals surface area contributed by atoms with Crippen molar-refractivity contribution in [1.29, 1.82) is 0 Å². The third-order valence-corrected chi connectivity index (χ3v) is 9.29. The molecule has 3 aliphatic rings. The number of fused-ring (bicyclic) bond motifs is 1. The van der Waals surface area contributed by atoms with Gasteiger partial charge in [-0.05, 0) is 44.1 Å². The molecule has 0 radical (unpaired) electrons. The number of nitrogens with two attached hydrogens (primary N) is 1. The van der Waals surface area contributed by atoms with E-state index in [2.05, 4.69) is 20.8 Å². The van der Waals surface area contributed by atoms with Crippen molar-refractivity contribution in [3.05, 3.63) is 53.2 Å². The molecule has 3 aliphatic heterocycles. The predicted molar refractivity (Wildman–Crippen MR) is 164 cm³/mol. The average molecular weight is 589 g/mol. The highest BCUT2D eigenvalue weighted by Gasteiger charge is 2.33. The van der Waals surface area contributed by atoms with Gasteiger partial charge in [0.25, 0.3) is 0 Å². The van der Waals surface area contributed by atoms with Crippen LogP contribution in [0.1, 0.15) is 39.3 Å². The van der Waals surface area contributed by atoms with Gasteiger partial charge in [0.15, 0.2) is 0 Å². The van der Waals surface area contributed by atoms with E-state index in [1.165, 1.54) is 0 Å². The van der Waals surface area contributed by atoms with Crippen LogP contribution in [0.2, 0.25) is 0 Å². The van der Waals surface area contributed by atoms with Crippen LogP contribution >= 0.6 is 0 Å². The zero-order chi connectivity index (χ0) is 30.2. The summed E-state index contributed by atoms with van der Waals surface area (Å²) in [6.07, 6.45) is 1.99. The zero-order valence-corrected chi connectivity index (χ0v) is 24.9. The minimum absolute atomic E-state index is 0.00378. The van der Waals surface area contributed by atoms with Gasteiger partial charge in [0.2, 0.25) is 11.8 Å². The van der Waals surface area contributed by atoms with Crippen LogP contribution in [-0.4, -0.2) is 114 Å². The summed E-state index contributed by atoms with van der Waals surface area (Å²) >= 11 is 0. The normalized spacial score (nSPS) is 20.2. The lowest BCUT2D eigenvalue weighted by Crippen LogP contribution is -2.52. The molecule has 2 amide bonds. The summed E-state index contributed by atoms with van der Waals surface area (Å²) in [6.45, 7) is 6.85. The molecular formula is C32H40N6O5. The molecule has 1 atom stereocenters. The van der Waals surface area contributed by atoms with Gasteiger partial charge in [0.1, 0.15) is 5.69 Å². The molecular weight excluding hydrogens is 548 g/mol. The van der Waals surface area contributed by atoms with Crippen molar-refractivity contribution in [2.45, 2.75) is 25.4 Å². The number of amides is 2. The Bertz CT molecular complexity index is 1550. The van der Waals surface area contributed by atoms with Gasteiger partial charge >= 0.3 is 5.97 Å². The van der Waals surface area contributed by atoms with Crippen molar-refractivity contribution < 1.29 is 24.2 Å². The fourth-order valence-corrected chi connectivity index (χ4v) is 7.01. The number of morpholine rings is 1. The van der Waals surface area contributed by atoms with Crippen LogP contribution in [0, 0.1) is 0 Å². The molecule has 3 aromatic rings. The van der Waals surface area contributed by atoms with Crippen LogP contribution in [0.3, 0.4) is 0 Å². The van der Waals surface area contributed by atoms with E-state index in [1.807, 2.05) is 30.1 Å². The Morgan fingerprint density at radius 2 is 1.72 bits per heavy atom. The number of aryl methyl sites for hydroxylation is 1. The third kappa shape index (κ3) is 5.48. The Kier molecular flexibility index (Phi) is 8.13. The molecule has 43 heavy (non-hydrogen) atoms. The number of piperazine rings is 1. The quantitative estimate of drug-likeness (QED) is 0.431. The molecule has 0 aliphatic carbocycles. The number of carboxylic acid groups (broad SMARTS) is 1. The summed E-state index contributed by atoms with van der Waals surface area (Å²) < 4.78 is 7.34. The minimum Gasteiger partial charge on any atom is -0.477 e. The Labute approximate surface area is 251 Å². The fraction of sp³-hybridized carbons (Fsp3) is 0.469. The first kappa shape index (κ1) is 29.2. The number of ether oxygens (including phenoxy) is 1. The number of aromatic carboxylic acids is 1. The number of hydrogen-bond acceptors (Lipinski definition) is 7. The van der Waals surface area contributed by atoms with Crippen molar-refractivity contribution in [2.24, 2.45) is 12.8 Å². The highest BCUT2D eigenvalue weighted by atomic mass is 16.5. The molecule has 11 heteroatoms. The largest absolute Gasteiger partial charge is 0.477 e. The highest BCUT2D eigenvalue weighted by Crippen LogP contribution is 2.41. The third-order valence-electron chi connectivity index (χ3n) is 9.29. The lowest BCUT2D eigenvalue weighted by Gasteiger charge is -2.37. The van der Waals surface area contributed by atoms with Gasteiger partial charge in [0, 0.05) is 80.6 Å². The van der Waals surface area contributed by atoms with Gasteiger partial charge < -0.3 is 29.9 Å². The number of carbonyl (C=O) groups is 3. The summed E-state index contributed by atoms with van der Waals surface area (Å²) in [5.41, 5.74) is 10.3. The van der Waals surface area contributed by atoms with E-state index in [-0.39, 0.29) is 17.6 Å². The molecule has 1 aromatic heterocycles. The van der Waals surface area contributed by atoms with Gasteiger partial charge in [-0.15, -0.1) is 0 Å². The van der Waals surface area contributed by atoms with Crippen molar-refractivity contribution in [3.63, 3.8) is 0 Å². The number of carboxylic acids is 1. The lowest BCUT2D eigenvalue weighted by molar-refractivity contribution is -0.137. The first-order valence-electron chi connectivity index (χ1n) is 15.1. The number of carbonyl (C=O) groups excluding carboxylic acids is 2. The SMILES string of the molecule is CN1CCCC1C(=O)N1CCN(Cc2cccc3c(-c4ccc(C(N)=O)cc4N4CCOCC4)c(C(=O)O)n(C)c23)CC1.